The van der Waals surface area contributed by atoms with Gasteiger partial charge in [-0.25, -0.2) is 4.18 Å². The first-order valence-corrected chi connectivity index (χ1v) is 26.9. The number of aliphatic hydroxyl groups excluding tert-OH is 3. The van der Waals surface area contributed by atoms with Gasteiger partial charge in [0.25, 0.3) is 0 Å². The van der Waals surface area contributed by atoms with Crippen LogP contribution in [-0.4, -0.2) is 97.5 Å². The van der Waals surface area contributed by atoms with Crippen LogP contribution in [0, 0.1) is 0 Å². The predicted molar refractivity (Wildman–Crippen MR) is 262 cm³/mol. The first kappa shape index (κ1) is 60.8. The Hall–Kier alpha value is -2.20. The third kappa shape index (κ3) is 36.5. The predicted octanol–water partition coefficient (Wildman–Crippen LogP) is 11.7. The molecule has 0 saturated carbocycles. The van der Waals surface area contributed by atoms with E-state index in [1.165, 1.54) is 89.9 Å². The third-order valence-corrected chi connectivity index (χ3v) is 11.9. The van der Waals surface area contributed by atoms with Crippen LogP contribution < -0.4 is 0 Å². The topological polar surface area (TPSA) is 178 Å². The molecule has 0 amide bonds. The molecule has 6 atom stereocenters. The van der Waals surface area contributed by atoms with Crippen LogP contribution in [0.15, 0.2) is 60.8 Å². The van der Waals surface area contributed by atoms with Gasteiger partial charge in [-0.3, -0.25) is 9.35 Å². The molecule has 1 fully saturated rings. The SMILES string of the molecule is CC/C=C\C/C=C\C/C=C\C/C=C\C/C=C\CCCCCCOCC(COC1OC(CO)C(O)C(OS(=O)(=O)O)C1O)OC(=O)CCCCCCCCCCCCCCCCCCCC. The van der Waals surface area contributed by atoms with Gasteiger partial charge >= 0.3 is 16.4 Å². The lowest BCUT2D eigenvalue weighted by Gasteiger charge is -2.41. The second kappa shape index (κ2) is 43.1. The molecular formula is C52H92O12S. The highest BCUT2D eigenvalue weighted by Gasteiger charge is 2.48. The van der Waals surface area contributed by atoms with E-state index in [-0.39, 0.29) is 19.6 Å². The summed E-state index contributed by atoms with van der Waals surface area (Å²) in [6.07, 6.45) is 45.4. The van der Waals surface area contributed by atoms with Crippen molar-refractivity contribution in [1.29, 1.82) is 0 Å². The number of carbonyl (C=O) groups excluding carboxylic acids is 1. The molecule has 1 aliphatic heterocycles. The number of rotatable bonds is 44. The van der Waals surface area contributed by atoms with Gasteiger partial charge in [0.15, 0.2) is 6.29 Å². The summed E-state index contributed by atoms with van der Waals surface area (Å²) in [5, 5.41) is 30.7. The van der Waals surface area contributed by atoms with E-state index in [9.17, 15) is 33.1 Å². The number of hydrogen-bond acceptors (Lipinski definition) is 11. The van der Waals surface area contributed by atoms with E-state index in [1.807, 2.05) is 0 Å². The molecule has 0 aromatic heterocycles. The van der Waals surface area contributed by atoms with E-state index in [0.717, 1.165) is 83.5 Å². The summed E-state index contributed by atoms with van der Waals surface area (Å²) in [5.74, 6) is -0.407. The van der Waals surface area contributed by atoms with Crippen molar-refractivity contribution < 1.29 is 56.2 Å². The van der Waals surface area contributed by atoms with Crippen LogP contribution in [0.5, 0.6) is 0 Å². The average molecular weight is 941 g/mol. The minimum absolute atomic E-state index is 0.0186. The zero-order chi connectivity index (χ0) is 47.5. The molecule has 0 radical (unpaired) electrons. The van der Waals surface area contributed by atoms with Crippen molar-refractivity contribution in [3.8, 4) is 0 Å². The van der Waals surface area contributed by atoms with E-state index in [1.54, 1.807) is 0 Å². The maximum atomic E-state index is 12.9. The Morgan fingerprint density at radius 2 is 1.06 bits per heavy atom. The van der Waals surface area contributed by atoms with E-state index >= 15 is 0 Å². The summed E-state index contributed by atoms with van der Waals surface area (Å²) in [6, 6.07) is 0. The molecule has 0 aromatic carbocycles. The van der Waals surface area contributed by atoms with Crippen LogP contribution in [0.4, 0.5) is 0 Å². The van der Waals surface area contributed by atoms with Crippen LogP contribution >= 0.6 is 0 Å². The number of aliphatic hydroxyl groups is 3. The molecule has 0 bridgehead atoms. The molecule has 12 nitrogen and oxygen atoms in total. The molecule has 6 unspecified atom stereocenters. The van der Waals surface area contributed by atoms with Gasteiger partial charge in [0, 0.05) is 13.0 Å². The molecule has 378 valence electrons. The van der Waals surface area contributed by atoms with Gasteiger partial charge in [0.2, 0.25) is 0 Å². The standard InChI is InChI=1S/C52H92O12S/c1-3-5-7-9-11-13-15-17-19-21-23-24-26-28-30-32-34-36-38-40-42-60-44-46(45-61-52-50(56)51(64-65(57,58)59)49(55)47(43-53)63-52)62-48(54)41-39-37-35-33-31-29-27-25-22-20-18-16-14-12-10-8-6-4-2/h5,7,11,13,17,19,23-24,28,30,46-47,49-53,55-56H,3-4,6,8-10,12,14-16,18,20-22,25-27,29,31-45H2,1-2H3,(H,57,58,59)/b7-5-,13-11-,19-17-,24-23-,30-28-. The quantitative estimate of drug-likeness (QED) is 0.0197. The summed E-state index contributed by atoms with van der Waals surface area (Å²) >= 11 is 0. The number of carbonyl (C=O) groups is 1. The molecule has 0 spiro atoms. The van der Waals surface area contributed by atoms with Crippen molar-refractivity contribution in [1.82, 2.24) is 0 Å². The lowest BCUT2D eigenvalue weighted by molar-refractivity contribution is -0.301. The van der Waals surface area contributed by atoms with E-state index in [4.69, 9.17) is 18.9 Å². The summed E-state index contributed by atoms with van der Waals surface area (Å²) in [5.41, 5.74) is 0. The first-order chi connectivity index (χ1) is 31.6. The highest BCUT2D eigenvalue weighted by atomic mass is 32.3. The Morgan fingerprint density at radius 1 is 0.600 bits per heavy atom. The smallest absolute Gasteiger partial charge is 0.397 e. The molecule has 65 heavy (non-hydrogen) atoms. The Labute approximate surface area is 395 Å². The van der Waals surface area contributed by atoms with Crippen LogP contribution in [0.3, 0.4) is 0 Å². The lowest BCUT2D eigenvalue weighted by atomic mass is 9.99. The molecule has 4 N–H and O–H groups in total. The molecule has 0 aromatic rings. The van der Waals surface area contributed by atoms with Gasteiger partial charge in [-0.1, -0.05) is 197 Å². The van der Waals surface area contributed by atoms with Gasteiger partial charge in [0.1, 0.15) is 30.5 Å². The van der Waals surface area contributed by atoms with Crippen molar-refractivity contribution in [3.05, 3.63) is 60.8 Å². The minimum atomic E-state index is -5.07. The summed E-state index contributed by atoms with van der Waals surface area (Å²) in [4.78, 5) is 12.9. The highest BCUT2D eigenvalue weighted by molar-refractivity contribution is 7.80. The third-order valence-electron chi connectivity index (χ3n) is 11.4. The maximum Gasteiger partial charge on any atom is 0.397 e. The summed E-state index contributed by atoms with van der Waals surface area (Å²) < 4.78 is 59.2. The van der Waals surface area contributed by atoms with Crippen LogP contribution in [0.25, 0.3) is 0 Å². The van der Waals surface area contributed by atoms with Crippen molar-refractivity contribution >= 4 is 16.4 Å². The van der Waals surface area contributed by atoms with E-state index < -0.39 is 59.8 Å². The summed E-state index contributed by atoms with van der Waals surface area (Å²) in [7, 11) is -5.07. The number of ether oxygens (including phenoxy) is 4. The Kier molecular flexibility index (Phi) is 40.3. The van der Waals surface area contributed by atoms with Gasteiger partial charge in [0.05, 0.1) is 19.8 Å². The number of allylic oxidation sites excluding steroid dienone is 10. The maximum absolute atomic E-state index is 12.9. The minimum Gasteiger partial charge on any atom is -0.457 e. The molecular weight excluding hydrogens is 849 g/mol. The Balaban J connectivity index is 2.39. The molecule has 1 rings (SSSR count). The fourth-order valence-corrected chi connectivity index (χ4v) is 8.09. The second-order valence-corrected chi connectivity index (χ2v) is 18.4. The van der Waals surface area contributed by atoms with Crippen LogP contribution in [-0.2, 0) is 38.3 Å². The van der Waals surface area contributed by atoms with Crippen molar-refractivity contribution in [2.45, 2.75) is 237 Å². The molecule has 13 heteroatoms. The highest BCUT2D eigenvalue weighted by Crippen LogP contribution is 2.26. The normalized spacial score (nSPS) is 20.1. The van der Waals surface area contributed by atoms with Crippen LogP contribution in [0.1, 0.15) is 200 Å². The zero-order valence-electron chi connectivity index (χ0n) is 40.5. The fourth-order valence-electron chi connectivity index (χ4n) is 7.58. The van der Waals surface area contributed by atoms with Gasteiger partial charge in [-0.15, -0.1) is 0 Å². The van der Waals surface area contributed by atoms with Gasteiger partial charge in [-0.2, -0.15) is 8.42 Å². The van der Waals surface area contributed by atoms with Crippen LogP contribution in [0.2, 0.25) is 0 Å². The lowest BCUT2D eigenvalue weighted by Crippen LogP contribution is -2.60. The monoisotopic (exact) mass is 941 g/mol. The summed E-state index contributed by atoms with van der Waals surface area (Å²) in [6.45, 7) is 3.84. The average Bonchev–Trinajstić information content (AvgIpc) is 3.28. The van der Waals surface area contributed by atoms with E-state index in [2.05, 4.69) is 78.8 Å². The van der Waals surface area contributed by atoms with Gasteiger partial charge in [-0.05, 0) is 57.8 Å². The Morgan fingerprint density at radius 3 is 1.55 bits per heavy atom. The number of unbranched alkanes of at least 4 members (excludes halogenated alkanes) is 21. The first-order valence-electron chi connectivity index (χ1n) is 25.5. The van der Waals surface area contributed by atoms with Crippen molar-refractivity contribution in [2.24, 2.45) is 0 Å². The number of esters is 1. The van der Waals surface area contributed by atoms with Gasteiger partial charge < -0.3 is 34.3 Å². The van der Waals surface area contributed by atoms with E-state index in [0.29, 0.717) is 13.0 Å². The fraction of sp³-hybridized carbons (Fsp3) is 0.788. The van der Waals surface area contributed by atoms with Crippen molar-refractivity contribution in [2.75, 3.05) is 26.4 Å². The zero-order valence-corrected chi connectivity index (χ0v) is 41.4. The molecule has 1 saturated heterocycles. The van der Waals surface area contributed by atoms with Crippen molar-refractivity contribution in [3.63, 3.8) is 0 Å². The Bertz CT molecular complexity index is 1360. The number of hydrogen-bond donors (Lipinski definition) is 4. The second-order valence-electron chi connectivity index (χ2n) is 17.4. The molecule has 1 heterocycles. The largest absolute Gasteiger partial charge is 0.457 e. The molecule has 0 aliphatic carbocycles. The molecule has 1 aliphatic rings.